The molecule has 1 aliphatic rings. The second-order valence-electron chi connectivity index (χ2n) is 6.87. The van der Waals surface area contributed by atoms with Gasteiger partial charge in [-0.15, -0.1) is 0 Å². The van der Waals surface area contributed by atoms with Crippen LogP contribution in [0, 0.1) is 10.1 Å². The number of aryl methyl sites for hydroxylation is 1. The Morgan fingerprint density at radius 2 is 1.89 bits per heavy atom. The van der Waals surface area contributed by atoms with Gasteiger partial charge in [0.2, 0.25) is 0 Å². The number of hydrogen-bond donors (Lipinski definition) is 1. The fourth-order valence-corrected chi connectivity index (χ4v) is 3.84. The SMILES string of the molecule is O=[N+]([O-])c1cccc(C2c3cccn3CCCN2Cc2ccc(O)cc2)c1. The van der Waals surface area contributed by atoms with Gasteiger partial charge in [-0.25, -0.2) is 0 Å². The zero-order valence-electron chi connectivity index (χ0n) is 14.9. The highest BCUT2D eigenvalue weighted by atomic mass is 16.6. The summed E-state index contributed by atoms with van der Waals surface area (Å²) < 4.78 is 2.24. The molecule has 0 saturated heterocycles. The number of nitro groups is 1. The largest absolute Gasteiger partial charge is 0.508 e. The van der Waals surface area contributed by atoms with Crippen LogP contribution in [-0.4, -0.2) is 26.0 Å². The van der Waals surface area contributed by atoms with Crippen molar-refractivity contribution in [2.24, 2.45) is 0 Å². The highest BCUT2D eigenvalue weighted by Gasteiger charge is 2.28. The Hall–Kier alpha value is -3.12. The van der Waals surface area contributed by atoms with Gasteiger partial charge >= 0.3 is 0 Å². The summed E-state index contributed by atoms with van der Waals surface area (Å²) in [6.07, 6.45) is 3.08. The number of rotatable bonds is 4. The fraction of sp³-hybridized carbons (Fsp3) is 0.238. The number of aromatic hydroxyl groups is 1. The van der Waals surface area contributed by atoms with Crippen LogP contribution in [0.5, 0.6) is 5.75 Å². The molecule has 3 aromatic rings. The van der Waals surface area contributed by atoms with E-state index in [1.165, 1.54) is 6.07 Å². The summed E-state index contributed by atoms with van der Waals surface area (Å²) >= 11 is 0. The molecule has 2 aromatic carbocycles. The van der Waals surface area contributed by atoms with Crippen LogP contribution in [0.4, 0.5) is 5.69 Å². The molecule has 0 amide bonds. The lowest BCUT2D eigenvalue weighted by molar-refractivity contribution is -0.384. The summed E-state index contributed by atoms with van der Waals surface area (Å²) in [5, 5.41) is 20.8. The maximum Gasteiger partial charge on any atom is 0.269 e. The van der Waals surface area contributed by atoms with Crippen LogP contribution in [0.2, 0.25) is 0 Å². The third-order valence-electron chi connectivity index (χ3n) is 5.07. The van der Waals surface area contributed by atoms with Crippen molar-refractivity contribution < 1.29 is 10.0 Å². The highest BCUT2D eigenvalue weighted by molar-refractivity contribution is 5.39. The molecule has 0 fully saturated rings. The van der Waals surface area contributed by atoms with Gasteiger partial charge in [0.25, 0.3) is 5.69 Å². The standard InChI is InChI=1S/C21H21N3O3/c25-19-9-7-16(8-10-19)15-23-13-3-12-22-11-2-6-20(22)21(23)17-4-1-5-18(14-17)24(26)27/h1-2,4-11,14,21,25H,3,12-13,15H2. The van der Waals surface area contributed by atoms with Gasteiger partial charge in [0.1, 0.15) is 5.75 Å². The molecule has 0 bridgehead atoms. The van der Waals surface area contributed by atoms with Crippen molar-refractivity contribution in [1.29, 1.82) is 0 Å². The molecule has 27 heavy (non-hydrogen) atoms. The van der Waals surface area contributed by atoms with Crippen LogP contribution >= 0.6 is 0 Å². The quantitative estimate of drug-likeness (QED) is 0.560. The molecule has 2 heterocycles. The van der Waals surface area contributed by atoms with Crippen LogP contribution in [0.25, 0.3) is 0 Å². The summed E-state index contributed by atoms with van der Waals surface area (Å²) in [5.74, 6) is 0.249. The minimum atomic E-state index is -0.344. The van der Waals surface area contributed by atoms with Crippen LogP contribution in [0.1, 0.15) is 29.3 Å². The third-order valence-corrected chi connectivity index (χ3v) is 5.07. The van der Waals surface area contributed by atoms with Gasteiger partial charge in [-0.1, -0.05) is 24.3 Å². The monoisotopic (exact) mass is 363 g/mol. The van der Waals surface area contributed by atoms with E-state index in [1.54, 1.807) is 24.3 Å². The molecule has 1 aliphatic heterocycles. The molecule has 138 valence electrons. The summed E-state index contributed by atoms with van der Waals surface area (Å²) in [6, 6.07) is 18.2. The second kappa shape index (κ2) is 7.25. The number of nitro benzene ring substituents is 1. The highest BCUT2D eigenvalue weighted by Crippen LogP contribution is 2.34. The van der Waals surface area contributed by atoms with E-state index in [0.717, 1.165) is 36.3 Å². The molecule has 4 rings (SSSR count). The number of nitrogens with zero attached hydrogens (tertiary/aromatic N) is 3. The third kappa shape index (κ3) is 3.57. The number of phenols is 1. The van der Waals surface area contributed by atoms with Crippen LogP contribution in [0.3, 0.4) is 0 Å². The molecular weight excluding hydrogens is 342 g/mol. The average Bonchev–Trinajstić information content (AvgIpc) is 3.05. The fourth-order valence-electron chi connectivity index (χ4n) is 3.84. The Labute approximate surface area is 157 Å². The number of fused-ring (bicyclic) bond motifs is 1. The second-order valence-corrected chi connectivity index (χ2v) is 6.87. The van der Waals surface area contributed by atoms with Gasteiger partial charge < -0.3 is 9.67 Å². The molecule has 1 unspecified atom stereocenters. The molecule has 0 radical (unpaired) electrons. The first-order chi connectivity index (χ1) is 13.1. The lowest BCUT2D eigenvalue weighted by Gasteiger charge is -2.30. The lowest BCUT2D eigenvalue weighted by atomic mass is 10.0. The van der Waals surface area contributed by atoms with Gasteiger partial charge in [0.15, 0.2) is 0 Å². The van der Waals surface area contributed by atoms with E-state index in [9.17, 15) is 15.2 Å². The Morgan fingerprint density at radius 1 is 1.07 bits per heavy atom. The van der Waals surface area contributed by atoms with Gasteiger partial charge in [-0.2, -0.15) is 0 Å². The van der Waals surface area contributed by atoms with Crippen LogP contribution in [0.15, 0.2) is 66.9 Å². The summed E-state index contributed by atoms with van der Waals surface area (Å²) in [4.78, 5) is 13.3. The molecule has 1 atom stereocenters. The van der Waals surface area contributed by atoms with Gasteiger partial charge in [-0.05, 0) is 41.8 Å². The number of benzene rings is 2. The van der Waals surface area contributed by atoms with Crippen molar-refractivity contribution in [3.8, 4) is 5.75 Å². The first-order valence-corrected chi connectivity index (χ1v) is 9.03. The van der Waals surface area contributed by atoms with Crippen molar-refractivity contribution in [2.45, 2.75) is 25.6 Å². The van der Waals surface area contributed by atoms with E-state index < -0.39 is 0 Å². The molecular formula is C21H21N3O3. The first kappa shape index (κ1) is 17.3. The predicted octanol–water partition coefficient (Wildman–Crippen LogP) is 4.10. The molecule has 6 nitrogen and oxygen atoms in total. The zero-order valence-corrected chi connectivity index (χ0v) is 14.9. The smallest absolute Gasteiger partial charge is 0.269 e. The van der Waals surface area contributed by atoms with Gasteiger partial charge in [0.05, 0.1) is 11.0 Å². The van der Waals surface area contributed by atoms with Gasteiger partial charge in [-0.3, -0.25) is 15.0 Å². The summed E-state index contributed by atoms with van der Waals surface area (Å²) in [6.45, 7) is 2.52. The topological polar surface area (TPSA) is 71.5 Å². The van der Waals surface area contributed by atoms with E-state index in [4.69, 9.17) is 0 Å². The molecule has 0 saturated carbocycles. The number of aromatic nitrogens is 1. The van der Waals surface area contributed by atoms with Crippen LogP contribution < -0.4 is 0 Å². The molecule has 1 aromatic heterocycles. The van der Waals surface area contributed by atoms with Crippen LogP contribution in [-0.2, 0) is 13.1 Å². The van der Waals surface area contributed by atoms with Crippen molar-refractivity contribution >= 4 is 5.69 Å². The minimum Gasteiger partial charge on any atom is -0.508 e. The lowest BCUT2D eigenvalue weighted by Crippen LogP contribution is -2.29. The van der Waals surface area contributed by atoms with Crippen molar-refractivity contribution in [1.82, 2.24) is 9.47 Å². The Balaban J connectivity index is 1.75. The Morgan fingerprint density at radius 3 is 2.67 bits per heavy atom. The molecule has 6 heteroatoms. The Bertz CT molecular complexity index is 949. The van der Waals surface area contributed by atoms with E-state index in [-0.39, 0.29) is 22.4 Å². The zero-order chi connectivity index (χ0) is 18.8. The van der Waals surface area contributed by atoms with Crippen molar-refractivity contribution in [3.05, 3.63) is 93.8 Å². The Kier molecular flexibility index (Phi) is 4.64. The maximum absolute atomic E-state index is 11.3. The van der Waals surface area contributed by atoms with Crippen molar-refractivity contribution in [2.75, 3.05) is 6.54 Å². The minimum absolute atomic E-state index is 0.0591. The maximum atomic E-state index is 11.3. The predicted molar refractivity (Wildman–Crippen MR) is 103 cm³/mol. The first-order valence-electron chi connectivity index (χ1n) is 9.03. The molecule has 1 N–H and O–H groups in total. The number of hydrogen-bond acceptors (Lipinski definition) is 4. The number of non-ortho nitro benzene ring substituents is 1. The van der Waals surface area contributed by atoms with Crippen molar-refractivity contribution in [3.63, 3.8) is 0 Å². The normalized spacial score (nSPS) is 17.3. The number of phenolic OH excluding ortho intramolecular Hbond substituents is 1. The molecule has 0 aliphatic carbocycles. The van der Waals surface area contributed by atoms with E-state index in [2.05, 4.69) is 21.7 Å². The summed E-state index contributed by atoms with van der Waals surface area (Å²) in [5.41, 5.74) is 3.28. The van der Waals surface area contributed by atoms with E-state index in [0.29, 0.717) is 6.54 Å². The van der Waals surface area contributed by atoms with Gasteiger partial charge in [0, 0.05) is 43.7 Å². The summed E-state index contributed by atoms with van der Waals surface area (Å²) in [7, 11) is 0. The average molecular weight is 363 g/mol. The molecule has 0 spiro atoms. The van der Waals surface area contributed by atoms with E-state index >= 15 is 0 Å². The van der Waals surface area contributed by atoms with E-state index in [1.807, 2.05) is 24.3 Å².